The summed E-state index contributed by atoms with van der Waals surface area (Å²) in [5.41, 5.74) is 0.182. The van der Waals surface area contributed by atoms with E-state index in [2.05, 4.69) is 22.5 Å². The first-order valence-electron chi connectivity index (χ1n) is 9.05. The molecule has 0 radical (unpaired) electrons. The number of nitrogens with one attached hydrogen (secondary N) is 2. The van der Waals surface area contributed by atoms with Gasteiger partial charge in [0.2, 0.25) is 5.91 Å². The highest BCUT2D eigenvalue weighted by Gasteiger charge is 2.22. The van der Waals surface area contributed by atoms with Gasteiger partial charge in [0, 0.05) is 25.7 Å². The minimum absolute atomic E-state index is 0. The number of amides is 1. The Morgan fingerprint density at radius 2 is 1.96 bits per heavy atom. The van der Waals surface area contributed by atoms with E-state index in [0.29, 0.717) is 11.9 Å². The second-order valence-electron chi connectivity index (χ2n) is 7.05. The van der Waals surface area contributed by atoms with Gasteiger partial charge in [-0.2, -0.15) is 0 Å². The van der Waals surface area contributed by atoms with Crippen molar-refractivity contribution in [3.63, 3.8) is 0 Å². The quantitative estimate of drug-likeness (QED) is 0.376. The van der Waals surface area contributed by atoms with Crippen LogP contribution in [0.15, 0.2) is 23.2 Å². The lowest BCUT2D eigenvalue weighted by atomic mass is 9.86. The lowest BCUT2D eigenvalue weighted by Crippen LogP contribution is -2.49. The van der Waals surface area contributed by atoms with Gasteiger partial charge in [0.25, 0.3) is 0 Å². The minimum atomic E-state index is -0.497. The standard InChI is InChI=1S/C19H28F2N4O.HI/c1-13-6-4-5-7-17(13)24-19(23-12-18(26)25(2)3)22-11-14-10-15(20)8-9-16(14)21;/h8-10,13,17H,4-7,11-12H2,1-3H3,(H2,22,23,24);1H. The molecule has 8 heteroatoms. The van der Waals surface area contributed by atoms with Crippen molar-refractivity contribution in [2.75, 3.05) is 20.6 Å². The fraction of sp³-hybridized carbons (Fsp3) is 0.579. The summed E-state index contributed by atoms with van der Waals surface area (Å²) in [5.74, 6) is -0.144. The number of nitrogens with zero attached hydrogens (tertiary/aromatic N) is 2. The lowest BCUT2D eigenvalue weighted by molar-refractivity contribution is -0.127. The van der Waals surface area contributed by atoms with E-state index >= 15 is 0 Å². The zero-order valence-corrected chi connectivity index (χ0v) is 18.4. The third-order valence-corrected chi connectivity index (χ3v) is 4.75. The molecule has 5 nitrogen and oxygen atoms in total. The zero-order valence-electron chi connectivity index (χ0n) is 16.1. The minimum Gasteiger partial charge on any atom is -0.353 e. The van der Waals surface area contributed by atoms with Crippen LogP contribution in [0.3, 0.4) is 0 Å². The van der Waals surface area contributed by atoms with Gasteiger partial charge in [-0.25, -0.2) is 13.8 Å². The van der Waals surface area contributed by atoms with Crippen LogP contribution in [0.4, 0.5) is 8.78 Å². The van der Waals surface area contributed by atoms with E-state index in [-0.39, 0.29) is 54.6 Å². The average Bonchev–Trinajstić information content (AvgIpc) is 2.61. The third-order valence-electron chi connectivity index (χ3n) is 4.75. The second kappa shape index (κ2) is 11.4. The fourth-order valence-corrected chi connectivity index (χ4v) is 3.01. The number of hydrogen-bond acceptors (Lipinski definition) is 2. The first-order chi connectivity index (χ1) is 12.4. The Hall–Kier alpha value is -1.45. The highest BCUT2D eigenvalue weighted by Crippen LogP contribution is 2.23. The molecule has 152 valence electrons. The van der Waals surface area contributed by atoms with Gasteiger partial charge in [-0.1, -0.05) is 19.8 Å². The van der Waals surface area contributed by atoms with Crippen molar-refractivity contribution in [3.05, 3.63) is 35.4 Å². The van der Waals surface area contributed by atoms with E-state index in [1.807, 2.05) is 0 Å². The maximum atomic E-state index is 13.8. The van der Waals surface area contributed by atoms with Gasteiger partial charge in [-0.15, -0.1) is 24.0 Å². The van der Waals surface area contributed by atoms with Gasteiger partial charge in [0.05, 0.1) is 13.1 Å². The monoisotopic (exact) mass is 494 g/mol. The number of halogens is 3. The molecule has 0 heterocycles. The first kappa shape index (κ1) is 23.6. The Morgan fingerprint density at radius 1 is 1.26 bits per heavy atom. The number of carbonyl (C=O) groups is 1. The van der Waals surface area contributed by atoms with Crippen LogP contribution < -0.4 is 10.6 Å². The number of benzene rings is 1. The molecule has 0 aromatic heterocycles. The third kappa shape index (κ3) is 7.59. The summed E-state index contributed by atoms with van der Waals surface area (Å²) in [5, 5.41) is 6.36. The van der Waals surface area contributed by atoms with E-state index in [9.17, 15) is 13.6 Å². The van der Waals surface area contributed by atoms with Crippen LogP contribution in [0.25, 0.3) is 0 Å². The fourth-order valence-electron chi connectivity index (χ4n) is 3.01. The lowest BCUT2D eigenvalue weighted by Gasteiger charge is -2.31. The van der Waals surface area contributed by atoms with Gasteiger partial charge in [-0.3, -0.25) is 4.79 Å². The van der Waals surface area contributed by atoms with Crippen LogP contribution in [0.5, 0.6) is 0 Å². The summed E-state index contributed by atoms with van der Waals surface area (Å²) in [6.45, 7) is 2.27. The molecular formula is C19H29F2IN4O. The van der Waals surface area contributed by atoms with Gasteiger partial charge in [0.1, 0.15) is 11.6 Å². The Balaban J connectivity index is 0.00000364. The van der Waals surface area contributed by atoms with E-state index in [4.69, 9.17) is 0 Å². The number of guanidine groups is 1. The largest absolute Gasteiger partial charge is 0.353 e. The van der Waals surface area contributed by atoms with Crippen molar-refractivity contribution in [2.24, 2.45) is 10.9 Å². The van der Waals surface area contributed by atoms with Crippen molar-refractivity contribution < 1.29 is 13.6 Å². The van der Waals surface area contributed by atoms with E-state index in [1.165, 1.54) is 11.3 Å². The molecule has 2 atom stereocenters. The smallest absolute Gasteiger partial charge is 0.241 e. The predicted molar refractivity (Wildman–Crippen MR) is 114 cm³/mol. The summed E-state index contributed by atoms with van der Waals surface area (Å²) >= 11 is 0. The molecule has 1 amide bonds. The molecule has 1 fully saturated rings. The van der Waals surface area contributed by atoms with Crippen molar-refractivity contribution >= 4 is 35.8 Å². The molecule has 2 N–H and O–H groups in total. The SMILES string of the molecule is CC1CCCCC1NC(=NCc1cc(F)ccc1F)NCC(=O)N(C)C.I. The highest BCUT2D eigenvalue weighted by molar-refractivity contribution is 14.0. The molecule has 2 unspecified atom stereocenters. The summed E-state index contributed by atoms with van der Waals surface area (Å²) in [6, 6.07) is 3.57. The predicted octanol–water partition coefficient (Wildman–Crippen LogP) is 3.28. The number of likely N-dealkylation sites (N-methyl/N-ethyl adjacent to an activating group) is 1. The second-order valence-corrected chi connectivity index (χ2v) is 7.05. The molecule has 0 bridgehead atoms. The van der Waals surface area contributed by atoms with Gasteiger partial charge in [0.15, 0.2) is 5.96 Å². The average molecular weight is 494 g/mol. The summed E-state index contributed by atoms with van der Waals surface area (Å²) in [7, 11) is 3.36. The Labute approximate surface area is 177 Å². The Morgan fingerprint density at radius 3 is 2.63 bits per heavy atom. The van der Waals surface area contributed by atoms with E-state index < -0.39 is 11.6 Å². The van der Waals surface area contributed by atoms with Gasteiger partial charge >= 0.3 is 0 Å². The zero-order chi connectivity index (χ0) is 19.1. The molecule has 0 spiro atoms. The van der Waals surface area contributed by atoms with Crippen LogP contribution in [0, 0.1) is 17.6 Å². The van der Waals surface area contributed by atoms with Gasteiger partial charge < -0.3 is 15.5 Å². The molecule has 1 aliphatic carbocycles. The van der Waals surface area contributed by atoms with E-state index in [1.54, 1.807) is 14.1 Å². The number of carbonyl (C=O) groups excluding carboxylic acids is 1. The van der Waals surface area contributed by atoms with Crippen LogP contribution in [-0.2, 0) is 11.3 Å². The van der Waals surface area contributed by atoms with Crippen LogP contribution in [0.2, 0.25) is 0 Å². The topological polar surface area (TPSA) is 56.7 Å². The molecule has 1 aliphatic rings. The summed E-state index contributed by atoms with van der Waals surface area (Å²) in [4.78, 5) is 17.7. The maximum Gasteiger partial charge on any atom is 0.241 e. The summed E-state index contributed by atoms with van der Waals surface area (Å²) in [6.07, 6.45) is 4.52. The van der Waals surface area contributed by atoms with Crippen molar-refractivity contribution in [2.45, 2.75) is 45.2 Å². The first-order valence-corrected chi connectivity index (χ1v) is 9.05. The molecule has 27 heavy (non-hydrogen) atoms. The normalized spacial score (nSPS) is 19.8. The Kier molecular flexibility index (Phi) is 9.97. The van der Waals surface area contributed by atoms with Crippen molar-refractivity contribution in [1.82, 2.24) is 15.5 Å². The molecule has 0 aliphatic heterocycles. The number of rotatable bonds is 5. The van der Waals surface area contributed by atoms with Crippen molar-refractivity contribution in [3.8, 4) is 0 Å². The van der Waals surface area contributed by atoms with Crippen LogP contribution >= 0.6 is 24.0 Å². The molecule has 0 saturated heterocycles. The van der Waals surface area contributed by atoms with Crippen LogP contribution in [0.1, 0.15) is 38.2 Å². The maximum absolute atomic E-state index is 13.8. The molecule has 1 saturated carbocycles. The van der Waals surface area contributed by atoms with Crippen LogP contribution in [-0.4, -0.2) is 43.4 Å². The highest BCUT2D eigenvalue weighted by atomic mass is 127. The van der Waals surface area contributed by atoms with Gasteiger partial charge in [-0.05, 0) is 37.0 Å². The number of aliphatic imine (C=N–C) groups is 1. The molecule has 1 aromatic rings. The number of hydrogen-bond donors (Lipinski definition) is 2. The molecule has 2 rings (SSSR count). The Bertz CT molecular complexity index is 655. The van der Waals surface area contributed by atoms with E-state index in [0.717, 1.165) is 37.5 Å². The van der Waals surface area contributed by atoms with Crippen molar-refractivity contribution in [1.29, 1.82) is 0 Å². The molecular weight excluding hydrogens is 465 g/mol. The summed E-state index contributed by atoms with van der Waals surface area (Å²) < 4.78 is 27.2. The molecule has 1 aromatic carbocycles.